The number of halogens is 1. The van der Waals surface area contributed by atoms with Gasteiger partial charge in [-0.25, -0.2) is 4.39 Å². The van der Waals surface area contributed by atoms with Gasteiger partial charge < -0.3 is 10.6 Å². The van der Waals surface area contributed by atoms with E-state index in [4.69, 9.17) is 5.73 Å². The molecule has 4 nitrogen and oxygen atoms in total. The third-order valence-corrected chi connectivity index (χ3v) is 6.09. The summed E-state index contributed by atoms with van der Waals surface area (Å²) in [5.41, 5.74) is 8.49. The van der Waals surface area contributed by atoms with Crippen LogP contribution in [0.5, 0.6) is 0 Å². The summed E-state index contributed by atoms with van der Waals surface area (Å²) < 4.78 is 13.6. The molecular formula is C26H25FN2O2. The number of rotatable bonds is 5. The second-order valence-electron chi connectivity index (χ2n) is 8.19. The number of piperidine rings is 1. The molecule has 1 aliphatic rings. The first kappa shape index (κ1) is 20.8. The molecule has 1 fully saturated rings. The van der Waals surface area contributed by atoms with Gasteiger partial charge in [-0.2, -0.15) is 0 Å². The summed E-state index contributed by atoms with van der Waals surface area (Å²) in [7, 11) is 0. The lowest BCUT2D eigenvalue weighted by Crippen LogP contribution is -2.53. The maximum Gasteiger partial charge on any atom is 0.253 e. The van der Waals surface area contributed by atoms with Crippen LogP contribution in [0, 0.1) is 11.2 Å². The topological polar surface area (TPSA) is 63.4 Å². The second-order valence-corrected chi connectivity index (χ2v) is 8.19. The first-order valence-electron chi connectivity index (χ1n) is 10.5. The van der Waals surface area contributed by atoms with Gasteiger partial charge in [0.05, 0.1) is 5.41 Å². The Labute approximate surface area is 181 Å². The van der Waals surface area contributed by atoms with Gasteiger partial charge in [-0.05, 0) is 54.2 Å². The van der Waals surface area contributed by atoms with Crippen molar-refractivity contribution in [1.82, 2.24) is 4.90 Å². The zero-order valence-electron chi connectivity index (χ0n) is 17.3. The van der Waals surface area contributed by atoms with Crippen LogP contribution in [0.15, 0.2) is 78.9 Å². The van der Waals surface area contributed by atoms with Crippen molar-refractivity contribution in [3.05, 3.63) is 95.8 Å². The van der Waals surface area contributed by atoms with E-state index in [2.05, 4.69) is 0 Å². The lowest BCUT2D eigenvalue weighted by atomic mass is 9.73. The Morgan fingerprint density at radius 1 is 0.968 bits per heavy atom. The van der Waals surface area contributed by atoms with Crippen LogP contribution >= 0.6 is 0 Å². The Kier molecular flexibility index (Phi) is 5.85. The summed E-state index contributed by atoms with van der Waals surface area (Å²) in [5.74, 6) is -1.14. The minimum absolute atomic E-state index is 0.223. The number of hydrogen-bond donors (Lipinski definition) is 1. The Hall–Kier alpha value is -3.47. The first-order valence-corrected chi connectivity index (χ1v) is 10.5. The predicted octanol–water partition coefficient (Wildman–Crippen LogP) is 4.44. The molecule has 1 aliphatic heterocycles. The summed E-state index contributed by atoms with van der Waals surface area (Å²) in [6.07, 6.45) is 1.72. The van der Waals surface area contributed by atoms with Crippen molar-refractivity contribution < 1.29 is 14.0 Å². The van der Waals surface area contributed by atoms with Crippen LogP contribution in [-0.2, 0) is 11.2 Å². The van der Waals surface area contributed by atoms with E-state index in [0.29, 0.717) is 25.8 Å². The minimum atomic E-state index is -0.869. The number of primary amides is 1. The highest BCUT2D eigenvalue weighted by Gasteiger charge is 2.42. The Bertz CT molecular complexity index is 1100. The zero-order valence-corrected chi connectivity index (χ0v) is 17.3. The number of nitrogens with zero attached hydrogens (tertiary/aromatic N) is 1. The van der Waals surface area contributed by atoms with Gasteiger partial charge in [-0.15, -0.1) is 0 Å². The van der Waals surface area contributed by atoms with E-state index in [-0.39, 0.29) is 18.0 Å². The average Bonchev–Trinajstić information content (AvgIpc) is 2.79. The van der Waals surface area contributed by atoms with Crippen LogP contribution in [-0.4, -0.2) is 29.8 Å². The molecule has 0 saturated carbocycles. The number of hydrogen-bond acceptors (Lipinski definition) is 2. The molecule has 5 heteroatoms. The van der Waals surface area contributed by atoms with Crippen LogP contribution in [0.4, 0.5) is 4.39 Å². The fourth-order valence-corrected chi connectivity index (χ4v) is 4.48. The van der Waals surface area contributed by atoms with Crippen molar-refractivity contribution >= 4 is 11.8 Å². The minimum Gasteiger partial charge on any atom is -0.369 e. The van der Waals surface area contributed by atoms with E-state index < -0.39 is 17.1 Å². The number of nitrogens with two attached hydrogens (primary N) is 1. The van der Waals surface area contributed by atoms with E-state index in [0.717, 1.165) is 16.7 Å². The van der Waals surface area contributed by atoms with Gasteiger partial charge in [0.25, 0.3) is 5.91 Å². The Morgan fingerprint density at radius 2 is 1.71 bits per heavy atom. The molecule has 1 unspecified atom stereocenters. The number of amides is 2. The van der Waals surface area contributed by atoms with Crippen molar-refractivity contribution in [3.63, 3.8) is 0 Å². The summed E-state index contributed by atoms with van der Waals surface area (Å²) in [6, 6.07) is 23.6. The molecule has 3 aromatic carbocycles. The van der Waals surface area contributed by atoms with Gasteiger partial charge in [0, 0.05) is 18.7 Å². The summed E-state index contributed by atoms with van der Waals surface area (Å²) >= 11 is 0. The molecular weight excluding hydrogens is 391 g/mol. The van der Waals surface area contributed by atoms with E-state index in [1.165, 1.54) is 18.2 Å². The molecule has 3 aromatic rings. The van der Waals surface area contributed by atoms with Crippen molar-refractivity contribution in [2.45, 2.75) is 19.3 Å². The van der Waals surface area contributed by atoms with Crippen molar-refractivity contribution in [1.29, 1.82) is 0 Å². The third kappa shape index (κ3) is 4.36. The number of carbonyl (C=O) groups is 2. The molecule has 0 bridgehead atoms. The molecule has 4 rings (SSSR count). The summed E-state index contributed by atoms with van der Waals surface area (Å²) in [4.78, 5) is 27.4. The highest BCUT2D eigenvalue weighted by molar-refractivity contribution is 5.95. The molecule has 2 amide bonds. The van der Waals surface area contributed by atoms with E-state index in [9.17, 15) is 14.0 Å². The van der Waals surface area contributed by atoms with Crippen molar-refractivity contribution in [3.8, 4) is 11.1 Å². The molecule has 1 heterocycles. The lowest BCUT2D eigenvalue weighted by molar-refractivity contribution is -0.130. The monoisotopic (exact) mass is 416 g/mol. The van der Waals surface area contributed by atoms with Gasteiger partial charge in [0.1, 0.15) is 5.82 Å². The van der Waals surface area contributed by atoms with Gasteiger partial charge in [-0.1, -0.05) is 60.7 Å². The summed E-state index contributed by atoms with van der Waals surface area (Å²) in [6.45, 7) is 0.742. The molecule has 0 aromatic heterocycles. The maximum absolute atomic E-state index is 13.6. The maximum atomic E-state index is 13.6. The quantitative estimate of drug-likeness (QED) is 0.668. The number of likely N-dealkylation sites (tertiary alicyclic amines) is 1. The smallest absolute Gasteiger partial charge is 0.253 e. The SMILES string of the molecule is NC(=O)C1(Cc2ccccc2-c2ccccc2)CCCN(C(=O)c2cccc(F)c2)C1. The van der Waals surface area contributed by atoms with Gasteiger partial charge in [0.2, 0.25) is 5.91 Å². The highest BCUT2D eigenvalue weighted by atomic mass is 19.1. The Balaban J connectivity index is 1.65. The largest absolute Gasteiger partial charge is 0.369 e. The fraction of sp³-hybridized carbons (Fsp3) is 0.231. The zero-order chi connectivity index (χ0) is 21.8. The van der Waals surface area contributed by atoms with E-state index >= 15 is 0 Å². The predicted molar refractivity (Wildman–Crippen MR) is 119 cm³/mol. The van der Waals surface area contributed by atoms with Crippen LogP contribution in [0.1, 0.15) is 28.8 Å². The first-order chi connectivity index (χ1) is 15.0. The van der Waals surface area contributed by atoms with Crippen molar-refractivity contribution in [2.75, 3.05) is 13.1 Å². The standard InChI is InChI=1S/C26H25FN2O2/c27-22-12-6-11-20(16-22)24(30)29-15-7-14-26(18-29,25(28)31)17-21-10-4-5-13-23(21)19-8-2-1-3-9-19/h1-6,8-13,16H,7,14-15,17-18H2,(H2,28,31). The molecule has 0 aliphatic carbocycles. The number of benzene rings is 3. The molecule has 0 spiro atoms. The van der Waals surface area contributed by atoms with Gasteiger partial charge in [-0.3, -0.25) is 9.59 Å². The molecule has 158 valence electrons. The molecule has 31 heavy (non-hydrogen) atoms. The number of carbonyl (C=O) groups excluding carboxylic acids is 2. The third-order valence-electron chi connectivity index (χ3n) is 6.09. The van der Waals surface area contributed by atoms with E-state index in [1.807, 2.05) is 54.6 Å². The highest BCUT2D eigenvalue weighted by Crippen LogP contribution is 2.37. The molecule has 1 atom stereocenters. The van der Waals surface area contributed by atoms with Crippen LogP contribution in [0.25, 0.3) is 11.1 Å². The fourth-order valence-electron chi connectivity index (χ4n) is 4.48. The molecule has 0 radical (unpaired) electrons. The second kappa shape index (κ2) is 8.72. The van der Waals surface area contributed by atoms with Crippen LogP contribution < -0.4 is 5.73 Å². The van der Waals surface area contributed by atoms with E-state index in [1.54, 1.807) is 11.0 Å². The normalized spacial score (nSPS) is 18.5. The lowest BCUT2D eigenvalue weighted by Gasteiger charge is -2.41. The van der Waals surface area contributed by atoms with Gasteiger partial charge in [0.15, 0.2) is 0 Å². The van der Waals surface area contributed by atoms with Gasteiger partial charge >= 0.3 is 0 Å². The summed E-state index contributed by atoms with van der Waals surface area (Å²) in [5, 5.41) is 0. The van der Waals surface area contributed by atoms with Crippen LogP contribution in [0.2, 0.25) is 0 Å². The average molecular weight is 416 g/mol. The Morgan fingerprint density at radius 3 is 2.45 bits per heavy atom. The molecule has 2 N–H and O–H groups in total. The van der Waals surface area contributed by atoms with Crippen LogP contribution in [0.3, 0.4) is 0 Å². The molecule has 1 saturated heterocycles. The van der Waals surface area contributed by atoms with Crippen molar-refractivity contribution in [2.24, 2.45) is 11.1 Å².